The lowest BCUT2D eigenvalue weighted by molar-refractivity contribution is -0.143. The minimum Gasteiger partial charge on any atom is -0.465 e. The van der Waals surface area contributed by atoms with Crippen molar-refractivity contribution in [3.05, 3.63) is 41.2 Å². The van der Waals surface area contributed by atoms with Gasteiger partial charge in [-0.3, -0.25) is 4.79 Å². The van der Waals surface area contributed by atoms with Gasteiger partial charge in [0.15, 0.2) is 0 Å². The molecule has 0 unspecified atom stereocenters. The number of esters is 1. The average molecular weight is 294 g/mol. The third-order valence-electron chi connectivity index (χ3n) is 2.99. The minimum absolute atomic E-state index is 0.00506. The van der Waals surface area contributed by atoms with Crippen LogP contribution in [0.2, 0.25) is 0 Å². The van der Waals surface area contributed by atoms with E-state index in [2.05, 4.69) is 6.58 Å². The molecule has 1 N–H and O–H groups in total. The van der Waals surface area contributed by atoms with Crippen molar-refractivity contribution in [2.75, 3.05) is 13.2 Å². The Kier molecular flexibility index (Phi) is 6.56. The van der Waals surface area contributed by atoms with Crippen LogP contribution in [-0.4, -0.2) is 24.3 Å². The van der Waals surface area contributed by atoms with Crippen molar-refractivity contribution in [3.63, 3.8) is 0 Å². The molecular formula is C17H23FO3. The molecule has 21 heavy (non-hydrogen) atoms. The van der Waals surface area contributed by atoms with Gasteiger partial charge in [-0.05, 0) is 48.1 Å². The predicted molar refractivity (Wildman–Crippen MR) is 81.4 cm³/mol. The van der Waals surface area contributed by atoms with Gasteiger partial charge in [0.1, 0.15) is 5.82 Å². The SMILES string of the molecule is C=C(C)c1c(CCO)cc(F)cc1CC(=O)OCC(C)C. The second kappa shape index (κ2) is 7.93. The predicted octanol–water partition coefficient (Wildman–Crippen LogP) is 3.14. The first kappa shape index (κ1) is 17.4. The fraction of sp³-hybridized carbons (Fsp3) is 0.471. The second-order valence-electron chi connectivity index (χ2n) is 5.61. The number of aliphatic hydroxyl groups is 1. The molecule has 0 aliphatic carbocycles. The number of benzene rings is 1. The van der Waals surface area contributed by atoms with Gasteiger partial charge >= 0.3 is 5.97 Å². The Hall–Kier alpha value is -1.68. The molecule has 0 amide bonds. The van der Waals surface area contributed by atoms with Crippen LogP contribution < -0.4 is 0 Å². The Morgan fingerprint density at radius 2 is 2.00 bits per heavy atom. The van der Waals surface area contributed by atoms with Gasteiger partial charge in [0.25, 0.3) is 0 Å². The zero-order valence-electron chi connectivity index (χ0n) is 12.9. The lowest BCUT2D eigenvalue weighted by Gasteiger charge is -2.15. The largest absolute Gasteiger partial charge is 0.465 e. The van der Waals surface area contributed by atoms with E-state index in [1.54, 1.807) is 6.92 Å². The van der Waals surface area contributed by atoms with Crippen LogP contribution in [0.25, 0.3) is 5.57 Å². The highest BCUT2D eigenvalue weighted by molar-refractivity contribution is 5.77. The van der Waals surface area contributed by atoms with E-state index in [0.29, 0.717) is 24.2 Å². The minimum atomic E-state index is -0.421. The molecule has 0 fully saturated rings. The molecule has 0 aliphatic heterocycles. The third kappa shape index (κ3) is 5.31. The number of carbonyl (C=O) groups is 1. The maximum atomic E-state index is 13.7. The number of aliphatic hydroxyl groups excluding tert-OH is 1. The van der Waals surface area contributed by atoms with Crippen LogP contribution in [0, 0.1) is 11.7 Å². The van der Waals surface area contributed by atoms with Crippen molar-refractivity contribution in [1.82, 2.24) is 0 Å². The van der Waals surface area contributed by atoms with Gasteiger partial charge in [0.2, 0.25) is 0 Å². The summed E-state index contributed by atoms with van der Waals surface area (Å²) in [5, 5.41) is 9.09. The number of hydrogen-bond donors (Lipinski definition) is 1. The van der Waals surface area contributed by atoms with Crippen molar-refractivity contribution < 1.29 is 19.0 Å². The molecule has 0 saturated heterocycles. The summed E-state index contributed by atoms with van der Waals surface area (Å²) in [6.45, 7) is 9.86. The Morgan fingerprint density at radius 1 is 1.38 bits per heavy atom. The van der Waals surface area contributed by atoms with Gasteiger partial charge in [-0.25, -0.2) is 4.39 Å². The summed E-state index contributed by atoms with van der Waals surface area (Å²) in [7, 11) is 0. The van der Waals surface area contributed by atoms with Gasteiger partial charge in [0, 0.05) is 6.61 Å². The Labute approximate surface area is 125 Å². The molecule has 0 radical (unpaired) electrons. The van der Waals surface area contributed by atoms with E-state index in [1.165, 1.54) is 12.1 Å². The monoisotopic (exact) mass is 294 g/mol. The van der Waals surface area contributed by atoms with E-state index in [1.807, 2.05) is 13.8 Å². The molecule has 3 nitrogen and oxygen atoms in total. The number of allylic oxidation sites excluding steroid dienone is 1. The topological polar surface area (TPSA) is 46.5 Å². The summed E-state index contributed by atoms with van der Waals surface area (Å²) >= 11 is 0. The van der Waals surface area contributed by atoms with E-state index < -0.39 is 5.82 Å². The molecule has 0 atom stereocenters. The van der Waals surface area contributed by atoms with Gasteiger partial charge in [0.05, 0.1) is 13.0 Å². The Bertz CT molecular complexity index is 521. The Balaban J connectivity index is 3.04. The smallest absolute Gasteiger partial charge is 0.310 e. The Morgan fingerprint density at radius 3 is 2.52 bits per heavy atom. The molecule has 1 aromatic carbocycles. The van der Waals surface area contributed by atoms with Crippen molar-refractivity contribution >= 4 is 11.5 Å². The maximum Gasteiger partial charge on any atom is 0.310 e. The molecule has 0 saturated carbocycles. The van der Waals surface area contributed by atoms with Gasteiger partial charge in [-0.15, -0.1) is 0 Å². The van der Waals surface area contributed by atoms with Crippen LogP contribution in [0.4, 0.5) is 4.39 Å². The highest BCUT2D eigenvalue weighted by Crippen LogP contribution is 2.25. The average Bonchev–Trinajstić information content (AvgIpc) is 2.35. The first-order valence-electron chi connectivity index (χ1n) is 7.08. The second-order valence-corrected chi connectivity index (χ2v) is 5.61. The van der Waals surface area contributed by atoms with Crippen molar-refractivity contribution in [3.8, 4) is 0 Å². The maximum absolute atomic E-state index is 13.7. The van der Waals surface area contributed by atoms with Crippen LogP contribution in [-0.2, 0) is 22.4 Å². The molecule has 116 valence electrons. The van der Waals surface area contributed by atoms with E-state index in [4.69, 9.17) is 9.84 Å². The summed E-state index contributed by atoms with van der Waals surface area (Å²) in [5.41, 5.74) is 2.70. The summed E-state index contributed by atoms with van der Waals surface area (Å²) < 4.78 is 18.8. The fourth-order valence-corrected chi connectivity index (χ4v) is 2.20. The van der Waals surface area contributed by atoms with Crippen LogP contribution in [0.3, 0.4) is 0 Å². The molecule has 0 aliphatic rings. The summed E-state index contributed by atoms with van der Waals surface area (Å²) in [6.07, 6.45) is 0.332. The molecule has 0 bridgehead atoms. The lowest BCUT2D eigenvalue weighted by atomic mass is 9.92. The molecule has 0 heterocycles. The highest BCUT2D eigenvalue weighted by Gasteiger charge is 2.15. The van der Waals surface area contributed by atoms with Crippen LogP contribution in [0.5, 0.6) is 0 Å². The van der Waals surface area contributed by atoms with Crippen LogP contribution >= 0.6 is 0 Å². The third-order valence-corrected chi connectivity index (χ3v) is 2.99. The highest BCUT2D eigenvalue weighted by atomic mass is 19.1. The zero-order valence-corrected chi connectivity index (χ0v) is 12.9. The number of hydrogen-bond acceptors (Lipinski definition) is 3. The molecule has 4 heteroatoms. The normalized spacial score (nSPS) is 10.8. The van der Waals surface area contributed by atoms with Crippen molar-refractivity contribution in [2.45, 2.75) is 33.6 Å². The molecule has 0 spiro atoms. The molecule has 0 aromatic heterocycles. The van der Waals surface area contributed by atoms with E-state index in [0.717, 1.165) is 11.1 Å². The number of ether oxygens (including phenoxy) is 1. The standard InChI is InChI=1S/C17H23FO3/c1-11(2)10-21-16(20)9-14-8-15(18)7-13(5-6-19)17(14)12(3)4/h7-8,11,19H,3,5-6,9-10H2,1-2,4H3. The van der Waals surface area contributed by atoms with Crippen molar-refractivity contribution in [2.24, 2.45) is 5.92 Å². The van der Waals surface area contributed by atoms with E-state index in [-0.39, 0.29) is 24.9 Å². The van der Waals surface area contributed by atoms with Crippen LogP contribution in [0.1, 0.15) is 37.5 Å². The number of carbonyl (C=O) groups excluding carboxylic acids is 1. The fourth-order valence-electron chi connectivity index (χ4n) is 2.20. The molecule has 1 rings (SSSR count). The van der Waals surface area contributed by atoms with E-state index in [9.17, 15) is 9.18 Å². The van der Waals surface area contributed by atoms with Crippen LogP contribution in [0.15, 0.2) is 18.7 Å². The number of halogens is 1. The molecular weight excluding hydrogens is 271 g/mol. The first-order valence-corrected chi connectivity index (χ1v) is 7.08. The summed E-state index contributed by atoms with van der Waals surface area (Å²) in [5.74, 6) is -0.547. The summed E-state index contributed by atoms with van der Waals surface area (Å²) in [4.78, 5) is 11.8. The quantitative estimate of drug-likeness (QED) is 0.786. The van der Waals surface area contributed by atoms with Crippen molar-refractivity contribution in [1.29, 1.82) is 0 Å². The first-order chi connectivity index (χ1) is 9.85. The lowest BCUT2D eigenvalue weighted by Crippen LogP contribution is -2.14. The summed E-state index contributed by atoms with van der Waals surface area (Å²) in [6, 6.07) is 2.71. The van der Waals surface area contributed by atoms with Gasteiger partial charge < -0.3 is 9.84 Å². The molecule has 1 aromatic rings. The number of rotatable bonds is 7. The van der Waals surface area contributed by atoms with Gasteiger partial charge in [-0.1, -0.05) is 26.0 Å². The van der Waals surface area contributed by atoms with E-state index >= 15 is 0 Å². The zero-order chi connectivity index (χ0) is 16.0. The van der Waals surface area contributed by atoms with Gasteiger partial charge in [-0.2, -0.15) is 0 Å².